The summed E-state index contributed by atoms with van der Waals surface area (Å²) in [5, 5.41) is 0. The zero-order chi connectivity index (χ0) is 15.9. The van der Waals surface area contributed by atoms with E-state index in [0.29, 0.717) is 0 Å². The van der Waals surface area contributed by atoms with Gasteiger partial charge in [0, 0.05) is 11.1 Å². The first-order chi connectivity index (χ1) is 11.9. The largest absolute Gasteiger partial charge is 0.338 e. The van der Waals surface area contributed by atoms with Gasteiger partial charge in [-0.05, 0) is 30.3 Å². The number of para-hydroxylation sites is 4. The lowest BCUT2D eigenvalue weighted by atomic mass is 10.1. The molecule has 0 amide bonds. The molecule has 5 aromatic rings. The van der Waals surface area contributed by atoms with Gasteiger partial charge in [0.25, 0.3) is 0 Å². The first kappa shape index (κ1) is 13.1. The number of imidazole rings is 2. The highest BCUT2D eigenvalue weighted by Gasteiger charge is 2.09. The molecule has 2 N–H and O–H groups in total. The number of aromatic amines is 2. The van der Waals surface area contributed by atoms with Gasteiger partial charge in [0.05, 0.1) is 22.1 Å². The summed E-state index contributed by atoms with van der Waals surface area (Å²) < 4.78 is 0. The maximum atomic E-state index is 4.67. The van der Waals surface area contributed by atoms with Crippen LogP contribution in [0.5, 0.6) is 0 Å². The summed E-state index contributed by atoms with van der Waals surface area (Å²) in [7, 11) is 0. The van der Waals surface area contributed by atoms with Crippen molar-refractivity contribution in [2.45, 2.75) is 0 Å². The van der Waals surface area contributed by atoms with Crippen molar-refractivity contribution in [2.75, 3.05) is 0 Å². The number of hydrogen-bond acceptors (Lipinski definition) is 2. The molecule has 0 fully saturated rings. The molecule has 5 rings (SSSR count). The van der Waals surface area contributed by atoms with E-state index in [1.54, 1.807) is 0 Å². The predicted molar refractivity (Wildman–Crippen MR) is 96.6 cm³/mol. The van der Waals surface area contributed by atoms with Gasteiger partial charge in [-0.25, -0.2) is 9.97 Å². The Morgan fingerprint density at radius 1 is 0.542 bits per heavy atom. The molecule has 4 nitrogen and oxygen atoms in total. The highest BCUT2D eigenvalue weighted by Crippen LogP contribution is 2.26. The van der Waals surface area contributed by atoms with Crippen LogP contribution in [0.15, 0.2) is 72.8 Å². The van der Waals surface area contributed by atoms with Crippen molar-refractivity contribution in [2.24, 2.45) is 0 Å². The number of hydrogen-bond donors (Lipinski definition) is 2. The zero-order valence-corrected chi connectivity index (χ0v) is 12.8. The second kappa shape index (κ2) is 5.06. The topological polar surface area (TPSA) is 57.4 Å². The molecule has 3 aromatic carbocycles. The Morgan fingerprint density at radius 2 is 1.04 bits per heavy atom. The summed E-state index contributed by atoms with van der Waals surface area (Å²) in [6.45, 7) is 0. The summed E-state index contributed by atoms with van der Waals surface area (Å²) in [5.41, 5.74) is 6.12. The van der Waals surface area contributed by atoms with Crippen LogP contribution < -0.4 is 0 Å². The summed E-state index contributed by atoms with van der Waals surface area (Å²) in [6, 6.07) is 24.4. The van der Waals surface area contributed by atoms with Crippen LogP contribution in [0, 0.1) is 0 Å². The smallest absolute Gasteiger partial charge is 0.138 e. The van der Waals surface area contributed by atoms with Gasteiger partial charge in [-0.1, -0.05) is 42.5 Å². The number of benzene rings is 3. The lowest BCUT2D eigenvalue weighted by Gasteiger charge is -2.00. The van der Waals surface area contributed by atoms with Crippen LogP contribution in [0.3, 0.4) is 0 Å². The van der Waals surface area contributed by atoms with Crippen LogP contribution in [-0.4, -0.2) is 19.9 Å². The minimum Gasteiger partial charge on any atom is -0.338 e. The minimum atomic E-state index is 0.870. The van der Waals surface area contributed by atoms with Crippen molar-refractivity contribution in [1.29, 1.82) is 0 Å². The van der Waals surface area contributed by atoms with E-state index >= 15 is 0 Å². The molecule has 0 atom stereocenters. The molecule has 0 aliphatic carbocycles. The molecule has 0 radical (unpaired) electrons. The van der Waals surface area contributed by atoms with E-state index < -0.39 is 0 Å². The number of fused-ring (bicyclic) bond motifs is 2. The Labute approximate surface area is 138 Å². The molecular weight excluding hydrogens is 296 g/mol. The number of aromatic nitrogens is 4. The van der Waals surface area contributed by atoms with Gasteiger partial charge in [0.2, 0.25) is 0 Å². The molecule has 0 bridgehead atoms. The van der Waals surface area contributed by atoms with Gasteiger partial charge >= 0.3 is 0 Å². The Balaban J connectivity index is 1.62. The third-order valence-corrected chi connectivity index (χ3v) is 4.19. The van der Waals surface area contributed by atoms with Crippen LogP contribution in [0.1, 0.15) is 0 Å². The minimum absolute atomic E-state index is 0.870. The Morgan fingerprint density at radius 3 is 1.54 bits per heavy atom. The Hall–Kier alpha value is -3.40. The molecule has 0 saturated carbocycles. The predicted octanol–water partition coefficient (Wildman–Crippen LogP) is 4.77. The first-order valence-corrected chi connectivity index (χ1v) is 7.87. The summed E-state index contributed by atoms with van der Waals surface area (Å²) in [5.74, 6) is 1.74. The second-order valence-electron chi connectivity index (χ2n) is 5.79. The fourth-order valence-electron chi connectivity index (χ4n) is 2.99. The molecule has 0 unspecified atom stereocenters. The lowest BCUT2D eigenvalue weighted by molar-refractivity contribution is 1.31. The van der Waals surface area contributed by atoms with E-state index in [2.05, 4.69) is 38.1 Å². The molecule has 0 aliphatic heterocycles. The normalized spacial score (nSPS) is 11.3. The van der Waals surface area contributed by atoms with Crippen molar-refractivity contribution in [3.63, 3.8) is 0 Å². The van der Waals surface area contributed by atoms with Gasteiger partial charge in [-0.3, -0.25) is 0 Å². The SMILES string of the molecule is c1cc(-c2nc3ccccc3[nH]2)cc(-c2nc3ccccc3[nH]2)c1. The van der Waals surface area contributed by atoms with E-state index in [1.165, 1.54) is 0 Å². The summed E-state index contributed by atoms with van der Waals surface area (Å²) in [6.07, 6.45) is 0. The van der Waals surface area contributed by atoms with Gasteiger partial charge in [-0.15, -0.1) is 0 Å². The highest BCUT2D eigenvalue weighted by molar-refractivity contribution is 5.82. The van der Waals surface area contributed by atoms with Gasteiger partial charge in [-0.2, -0.15) is 0 Å². The first-order valence-electron chi connectivity index (χ1n) is 7.87. The van der Waals surface area contributed by atoms with E-state index in [1.807, 2.05) is 54.6 Å². The highest BCUT2D eigenvalue weighted by atomic mass is 14.9. The van der Waals surface area contributed by atoms with Crippen molar-refractivity contribution in [3.05, 3.63) is 72.8 Å². The average molecular weight is 310 g/mol. The molecule has 0 saturated heterocycles. The standard InChI is InChI=1S/C20H14N4/c1-2-9-16-15(8-1)21-19(22-16)13-6-5-7-14(12-13)20-23-17-10-3-4-11-18(17)24-20/h1-12H,(H,21,22)(H,23,24). The van der Waals surface area contributed by atoms with Crippen molar-refractivity contribution in [3.8, 4) is 22.8 Å². The number of rotatable bonds is 2. The monoisotopic (exact) mass is 310 g/mol. The molecule has 0 spiro atoms. The molecule has 24 heavy (non-hydrogen) atoms. The third-order valence-electron chi connectivity index (χ3n) is 4.19. The zero-order valence-electron chi connectivity index (χ0n) is 12.8. The Bertz CT molecular complexity index is 1010. The molecular formula is C20H14N4. The van der Waals surface area contributed by atoms with Crippen molar-refractivity contribution in [1.82, 2.24) is 19.9 Å². The van der Waals surface area contributed by atoms with E-state index in [4.69, 9.17) is 0 Å². The lowest BCUT2D eigenvalue weighted by Crippen LogP contribution is -1.84. The fraction of sp³-hybridized carbons (Fsp3) is 0. The third kappa shape index (κ3) is 2.08. The maximum absolute atomic E-state index is 4.67. The second-order valence-corrected chi connectivity index (χ2v) is 5.79. The Kier molecular flexibility index (Phi) is 2.76. The molecule has 114 valence electrons. The van der Waals surface area contributed by atoms with Crippen LogP contribution in [0.25, 0.3) is 44.8 Å². The molecule has 4 heteroatoms. The number of H-pyrrole nitrogens is 2. The summed E-state index contributed by atoms with van der Waals surface area (Å²) in [4.78, 5) is 16.1. The molecule has 0 aliphatic rings. The van der Waals surface area contributed by atoms with Crippen LogP contribution >= 0.6 is 0 Å². The van der Waals surface area contributed by atoms with Crippen molar-refractivity contribution >= 4 is 22.1 Å². The van der Waals surface area contributed by atoms with Crippen molar-refractivity contribution < 1.29 is 0 Å². The van der Waals surface area contributed by atoms with E-state index in [9.17, 15) is 0 Å². The molecule has 2 aromatic heterocycles. The number of nitrogens with one attached hydrogen (secondary N) is 2. The average Bonchev–Trinajstić information content (AvgIpc) is 3.26. The molecule has 2 heterocycles. The van der Waals surface area contributed by atoms with Gasteiger partial charge in [0.1, 0.15) is 11.6 Å². The fourth-order valence-corrected chi connectivity index (χ4v) is 2.99. The summed E-state index contributed by atoms with van der Waals surface area (Å²) >= 11 is 0. The van der Waals surface area contributed by atoms with Gasteiger partial charge in [0.15, 0.2) is 0 Å². The van der Waals surface area contributed by atoms with E-state index in [-0.39, 0.29) is 0 Å². The van der Waals surface area contributed by atoms with E-state index in [0.717, 1.165) is 44.8 Å². The van der Waals surface area contributed by atoms with Crippen LogP contribution in [-0.2, 0) is 0 Å². The quantitative estimate of drug-likeness (QED) is 0.493. The maximum Gasteiger partial charge on any atom is 0.138 e. The number of nitrogens with zero attached hydrogens (tertiary/aromatic N) is 2. The van der Waals surface area contributed by atoms with Gasteiger partial charge < -0.3 is 9.97 Å². The van der Waals surface area contributed by atoms with Crippen LogP contribution in [0.4, 0.5) is 0 Å². The van der Waals surface area contributed by atoms with Crippen LogP contribution in [0.2, 0.25) is 0 Å².